The third-order valence-electron chi connectivity index (χ3n) is 6.16. The van der Waals surface area contributed by atoms with Gasteiger partial charge in [-0.1, -0.05) is 42.5 Å². The molecule has 1 amide bonds. The molecule has 0 fully saturated rings. The molecule has 0 spiro atoms. The number of nitrogens with zero attached hydrogens (tertiary/aromatic N) is 5. The Morgan fingerprint density at radius 1 is 1.13 bits per heavy atom. The lowest BCUT2D eigenvalue weighted by Gasteiger charge is -2.30. The second-order valence-corrected chi connectivity index (χ2v) is 8.34. The van der Waals surface area contributed by atoms with Crippen molar-refractivity contribution in [2.45, 2.75) is 31.7 Å². The quantitative estimate of drug-likeness (QED) is 0.660. The molecule has 31 heavy (non-hydrogen) atoms. The number of amides is 1. The van der Waals surface area contributed by atoms with Crippen molar-refractivity contribution in [2.75, 3.05) is 25.7 Å². The van der Waals surface area contributed by atoms with E-state index in [1.807, 2.05) is 48.4 Å². The zero-order valence-corrected chi connectivity index (χ0v) is 17.7. The van der Waals surface area contributed by atoms with Crippen molar-refractivity contribution in [3.8, 4) is 5.88 Å². The molecule has 0 saturated heterocycles. The third kappa shape index (κ3) is 3.01. The van der Waals surface area contributed by atoms with Gasteiger partial charge in [0, 0.05) is 20.0 Å². The van der Waals surface area contributed by atoms with Crippen molar-refractivity contribution in [3.63, 3.8) is 0 Å². The maximum absolute atomic E-state index is 13.7. The van der Waals surface area contributed by atoms with E-state index in [-0.39, 0.29) is 34.7 Å². The number of carbonyl (C=O) groups is 1. The number of rotatable bonds is 3. The summed E-state index contributed by atoms with van der Waals surface area (Å²) in [6.07, 6.45) is 6.73. The lowest BCUT2D eigenvalue weighted by molar-refractivity contribution is 0.0777. The summed E-state index contributed by atoms with van der Waals surface area (Å²) in [5, 5.41) is 11.3. The standard InChI is InChI=1S/C23H25N5O3/c1-25-14-26(2)22(31)18-19(25)24-23-27(13-15-9-5-3-6-10-15)20(29)17(21(30)28(18)23)16-11-7-4-8-12-16/h3,5-7,9-11,16,29H,4,8,12-14H2,1-2H3. The van der Waals surface area contributed by atoms with Crippen LogP contribution in [0.3, 0.4) is 0 Å². The highest BCUT2D eigenvalue weighted by Crippen LogP contribution is 2.34. The summed E-state index contributed by atoms with van der Waals surface area (Å²) in [6.45, 7) is 0.719. The molecular formula is C23H25N5O3. The Hall–Kier alpha value is -3.55. The number of hydrogen-bond acceptors (Lipinski definition) is 5. The van der Waals surface area contributed by atoms with Crippen LogP contribution >= 0.6 is 0 Å². The van der Waals surface area contributed by atoms with Crippen molar-refractivity contribution in [1.29, 1.82) is 0 Å². The fraction of sp³-hybridized carbons (Fsp3) is 0.348. The Morgan fingerprint density at radius 3 is 2.61 bits per heavy atom. The molecule has 3 heterocycles. The summed E-state index contributed by atoms with van der Waals surface area (Å²) in [6, 6.07) is 9.71. The first kappa shape index (κ1) is 19.4. The predicted molar refractivity (Wildman–Crippen MR) is 118 cm³/mol. The van der Waals surface area contributed by atoms with E-state index in [0.717, 1.165) is 24.8 Å². The van der Waals surface area contributed by atoms with Crippen LogP contribution in [0.5, 0.6) is 5.88 Å². The molecule has 1 N–H and O–H groups in total. The third-order valence-corrected chi connectivity index (χ3v) is 6.16. The van der Waals surface area contributed by atoms with Gasteiger partial charge in [-0.3, -0.25) is 14.2 Å². The predicted octanol–water partition coefficient (Wildman–Crippen LogP) is 2.55. The number of hydrogen-bond donors (Lipinski definition) is 1. The normalized spacial score (nSPS) is 18.6. The van der Waals surface area contributed by atoms with Crippen LogP contribution < -0.4 is 10.5 Å². The molecule has 5 rings (SSSR count). The Kier molecular flexibility index (Phi) is 4.57. The van der Waals surface area contributed by atoms with E-state index < -0.39 is 0 Å². The first-order valence-electron chi connectivity index (χ1n) is 10.5. The van der Waals surface area contributed by atoms with Crippen LogP contribution in [0.2, 0.25) is 0 Å². The number of allylic oxidation sites excluding steroid dienone is 2. The van der Waals surface area contributed by atoms with Gasteiger partial charge < -0.3 is 14.9 Å². The molecule has 160 valence electrons. The van der Waals surface area contributed by atoms with Crippen molar-refractivity contribution in [2.24, 2.45) is 0 Å². The SMILES string of the molecule is CN1CN(C)c2nc3n(Cc4ccccc4)c(O)c(C4C=CCCC4)c(=O)n3c2C1=O. The molecule has 8 heteroatoms. The van der Waals surface area contributed by atoms with Crippen molar-refractivity contribution in [1.82, 2.24) is 18.9 Å². The summed E-state index contributed by atoms with van der Waals surface area (Å²) in [7, 11) is 3.54. The molecule has 8 nitrogen and oxygen atoms in total. The van der Waals surface area contributed by atoms with E-state index in [4.69, 9.17) is 0 Å². The highest BCUT2D eigenvalue weighted by molar-refractivity contribution is 6.00. The van der Waals surface area contributed by atoms with E-state index >= 15 is 0 Å². The summed E-state index contributed by atoms with van der Waals surface area (Å²) < 4.78 is 3.04. The van der Waals surface area contributed by atoms with Gasteiger partial charge in [0.25, 0.3) is 11.5 Å². The molecule has 2 aliphatic rings. The summed E-state index contributed by atoms with van der Waals surface area (Å²) in [5.41, 5.74) is 1.16. The molecule has 1 aromatic carbocycles. The fourth-order valence-corrected chi connectivity index (χ4v) is 4.60. The molecular weight excluding hydrogens is 394 g/mol. The zero-order valence-electron chi connectivity index (χ0n) is 17.7. The first-order valence-corrected chi connectivity index (χ1v) is 10.5. The van der Waals surface area contributed by atoms with Crippen LogP contribution in [-0.4, -0.2) is 50.6 Å². The van der Waals surface area contributed by atoms with Crippen LogP contribution in [0.15, 0.2) is 47.3 Å². The number of benzene rings is 1. The Bertz CT molecular complexity index is 1260. The fourth-order valence-electron chi connectivity index (χ4n) is 4.60. The summed E-state index contributed by atoms with van der Waals surface area (Å²) >= 11 is 0. The molecule has 1 atom stereocenters. The number of anilines is 1. The molecule has 0 bridgehead atoms. The Morgan fingerprint density at radius 2 is 1.90 bits per heavy atom. The second kappa shape index (κ2) is 7.30. The maximum atomic E-state index is 13.7. The Labute approximate surface area is 179 Å². The number of fused-ring (bicyclic) bond motifs is 3. The lowest BCUT2D eigenvalue weighted by atomic mass is 9.90. The molecule has 1 unspecified atom stereocenters. The number of aromatic nitrogens is 3. The zero-order chi connectivity index (χ0) is 21.7. The molecule has 0 saturated carbocycles. The minimum atomic E-state index is -0.376. The van der Waals surface area contributed by atoms with Crippen LogP contribution in [0.1, 0.15) is 46.8 Å². The van der Waals surface area contributed by atoms with E-state index in [1.165, 1.54) is 4.40 Å². The van der Waals surface area contributed by atoms with E-state index in [0.29, 0.717) is 24.6 Å². The minimum Gasteiger partial charge on any atom is -0.494 e. The van der Waals surface area contributed by atoms with Crippen molar-refractivity contribution < 1.29 is 9.90 Å². The van der Waals surface area contributed by atoms with Gasteiger partial charge in [0.15, 0.2) is 11.5 Å². The van der Waals surface area contributed by atoms with Gasteiger partial charge in [0.1, 0.15) is 0 Å². The highest BCUT2D eigenvalue weighted by atomic mass is 16.3. The van der Waals surface area contributed by atoms with Crippen LogP contribution in [-0.2, 0) is 6.54 Å². The van der Waals surface area contributed by atoms with Gasteiger partial charge in [-0.15, -0.1) is 0 Å². The van der Waals surface area contributed by atoms with Gasteiger partial charge >= 0.3 is 0 Å². The minimum absolute atomic E-state index is 0.0799. The topological polar surface area (TPSA) is 83.1 Å². The van der Waals surface area contributed by atoms with E-state index in [2.05, 4.69) is 11.1 Å². The van der Waals surface area contributed by atoms with E-state index in [9.17, 15) is 14.7 Å². The highest BCUT2D eigenvalue weighted by Gasteiger charge is 2.35. The molecule has 1 aliphatic heterocycles. The van der Waals surface area contributed by atoms with Crippen LogP contribution in [0.4, 0.5) is 5.82 Å². The monoisotopic (exact) mass is 419 g/mol. The van der Waals surface area contributed by atoms with Crippen molar-refractivity contribution in [3.05, 3.63) is 69.7 Å². The average molecular weight is 419 g/mol. The molecule has 1 aliphatic carbocycles. The van der Waals surface area contributed by atoms with Gasteiger partial charge in [-0.25, -0.2) is 4.40 Å². The summed E-state index contributed by atoms with van der Waals surface area (Å²) in [5.74, 6) is 0.205. The first-order chi connectivity index (χ1) is 15.0. The van der Waals surface area contributed by atoms with Crippen LogP contribution in [0, 0.1) is 0 Å². The number of carbonyl (C=O) groups excluding carboxylic acids is 1. The molecule has 2 aromatic heterocycles. The van der Waals surface area contributed by atoms with Crippen LogP contribution in [0.25, 0.3) is 5.78 Å². The largest absolute Gasteiger partial charge is 0.494 e. The number of aromatic hydroxyl groups is 1. The van der Waals surface area contributed by atoms with E-state index in [1.54, 1.807) is 16.5 Å². The lowest BCUT2D eigenvalue weighted by Crippen LogP contribution is -2.44. The van der Waals surface area contributed by atoms with Gasteiger partial charge in [0.05, 0.1) is 18.8 Å². The van der Waals surface area contributed by atoms with Gasteiger partial charge in [-0.2, -0.15) is 4.98 Å². The van der Waals surface area contributed by atoms with Gasteiger partial charge in [0.2, 0.25) is 11.7 Å². The maximum Gasteiger partial charge on any atom is 0.276 e. The van der Waals surface area contributed by atoms with Gasteiger partial charge in [-0.05, 0) is 24.8 Å². The average Bonchev–Trinajstić information content (AvgIpc) is 3.18. The molecule has 3 aromatic rings. The molecule has 0 radical (unpaired) electrons. The summed E-state index contributed by atoms with van der Waals surface area (Å²) in [4.78, 5) is 34.8. The Balaban J connectivity index is 1.84. The second-order valence-electron chi connectivity index (χ2n) is 8.34. The smallest absolute Gasteiger partial charge is 0.276 e. The van der Waals surface area contributed by atoms with Crippen molar-refractivity contribution >= 4 is 17.5 Å². The number of imidazole rings is 1.